The molecule has 2 amide bonds. The number of amides is 2. The summed E-state index contributed by atoms with van der Waals surface area (Å²) in [6.45, 7) is 3.72. The molecule has 0 spiro atoms. The van der Waals surface area contributed by atoms with Gasteiger partial charge in [-0.25, -0.2) is 4.39 Å². The van der Waals surface area contributed by atoms with Gasteiger partial charge >= 0.3 is 0 Å². The minimum atomic E-state index is -1.00. The summed E-state index contributed by atoms with van der Waals surface area (Å²) in [6, 6.07) is 13.7. The molecule has 7 nitrogen and oxygen atoms in total. The first-order valence-corrected chi connectivity index (χ1v) is 10.1. The highest BCUT2D eigenvalue weighted by Crippen LogP contribution is 2.33. The fourth-order valence-electron chi connectivity index (χ4n) is 3.69. The van der Waals surface area contributed by atoms with Crippen molar-refractivity contribution in [1.29, 1.82) is 5.26 Å². The van der Waals surface area contributed by atoms with Gasteiger partial charge in [0.2, 0.25) is 5.91 Å². The summed E-state index contributed by atoms with van der Waals surface area (Å²) >= 11 is 0. The van der Waals surface area contributed by atoms with E-state index >= 15 is 0 Å². The smallest absolute Gasteiger partial charge is 0.251 e. The molecule has 0 radical (unpaired) electrons. The van der Waals surface area contributed by atoms with Crippen LogP contribution < -0.4 is 16.4 Å². The molecule has 164 valence electrons. The molecule has 2 atom stereocenters. The number of nitrogens with zero attached hydrogens (tertiary/aromatic N) is 2. The molecule has 1 aliphatic rings. The summed E-state index contributed by atoms with van der Waals surface area (Å²) in [5.41, 5.74) is 9.02. The van der Waals surface area contributed by atoms with Crippen LogP contribution in [-0.2, 0) is 4.79 Å². The van der Waals surface area contributed by atoms with Crippen molar-refractivity contribution in [1.82, 2.24) is 10.6 Å². The van der Waals surface area contributed by atoms with Gasteiger partial charge in [-0.1, -0.05) is 29.8 Å². The number of halogens is 1. The van der Waals surface area contributed by atoms with E-state index in [1.165, 1.54) is 12.1 Å². The molecule has 32 heavy (non-hydrogen) atoms. The van der Waals surface area contributed by atoms with Gasteiger partial charge in [0.05, 0.1) is 19.0 Å². The number of rotatable bonds is 5. The first-order chi connectivity index (χ1) is 15.3. The molecule has 2 aromatic rings. The minimum absolute atomic E-state index is 0.172. The van der Waals surface area contributed by atoms with E-state index in [0.29, 0.717) is 22.4 Å². The van der Waals surface area contributed by atoms with Crippen LogP contribution in [0.4, 0.5) is 4.39 Å². The van der Waals surface area contributed by atoms with E-state index in [1.54, 1.807) is 37.3 Å². The van der Waals surface area contributed by atoms with Gasteiger partial charge in [0, 0.05) is 22.8 Å². The van der Waals surface area contributed by atoms with Crippen molar-refractivity contribution < 1.29 is 14.0 Å². The molecule has 0 bridgehead atoms. The Labute approximate surface area is 185 Å². The average molecular weight is 433 g/mol. The van der Waals surface area contributed by atoms with E-state index in [9.17, 15) is 14.0 Å². The van der Waals surface area contributed by atoms with Crippen LogP contribution in [0.3, 0.4) is 0 Å². The molecule has 3 rings (SSSR count). The molecule has 1 aliphatic heterocycles. The third-order valence-electron chi connectivity index (χ3n) is 5.14. The van der Waals surface area contributed by atoms with Crippen molar-refractivity contribution in [3.8, 4) is 6.07 Å². The molecular formula is C24H24FN5O2. The summed E-state index contributed by atoms with van der Waals surface area (Å²) in [5, 5.41) is 14.3. The number of nitrogens with two attached hydrogens (primary N) is 1. The van der Waals surface area contributed by atoms with E-state index in [-0.39, 0.29) is 18.8 Å². The van der Waals surface area contributed by atoms with E-state index in [1.807, 2.05) is 19.1 Å². The van der Waals surface area contributed by atoms with Gasteiger partial charge in [-0.2, -0.15) is 5.26 Å². The van der Waals surface area contributed by atoms with Gasteiger partial charge in [0.1, 0.15) is 17.7 Å². The molecular weight excluding hydrogens is 409 g/mol. The molecule has 0 aromatic heterocycles. The third-order valence-corrected chi connectivity index (χ3v) is 5.14. The number of carbonyl (C=O) groups excluding carboxylic acids is 2. The number of aliphatic imine (C=N–C) groups is 1. The zero-order valence-corrected chi connectivity index (χ0v) is 17.9. The highest BCUT2D eigenvalue weighted by atomic mass is 19.1. The number of nitrogens with one attached hydrogen (secondary N) is 2. The highest BCUT2D eigenvalue weighted by Gasteiger charge is 2.41. The van der Waals surface area contributed by atoms with Crippen LogP contribution in [0.2, 0.25) is 0 Å². The lowest BCUT2D eigenvalue weighted by Gasteiger charge is -2.35. The molecule has 1 fully saturated rings. The fourth-order valence-corrected chi connectivity index (χ4v) is 3.69. The van der Waals surface area contributed by atoms with Gasteiger partial charge in [-0.15, -0.1) is 0 Å². The normalized spacial score (nSPS) is 20.9. The number of carbonyl (C=O) groups is 2. The Balaban J connectivity index is 2.06. The summed E-state index contributed by atoms with van der Waals surface area (Å²) in [7, 11) is 0. The predicted octanol–water partition coefficient (Wildman–Crippen LogP) is 2.69. The monoisotopic (exact) mass is 433 g/mol. The first-order valence-electron chi connectivity index (χ1n) is 10.1. The summed E-state index contributed by atoms with van der Waals surface area (Å²) < 4.78 is 13.6. The average Bonchev–Trinajstić information content (AvgIpc) is 2.75. The van der Waals surface area contributed by atoms with Crippen LogP contribution in [0.15, 0.2) is 64.8 Å². The van der Waals surface area contributed by atoms with Gasteiger partial charge in [0.15, 0.2) is 0 Å². The van der Waals surface area contributed by atoms with Gasteiger partial charge in [-0.3, -0.25) is 14.6 Å². The maximum absolute atomic E-state index is 13.6. The minimum Gasteiger partial charge on any atom is -0.402 e. The molecule has 4 N–H and O–H groups in total. The van der Waals surface area contributed by atoms with Crippen LogP contribution in [0.1, 0.15) is 40.7 Å². The largest absolute Gasteiger partial charge is 0.402 e. The van der Waals surface area contributed by atoms with E-state index in [4.69, 9.17) is 11.0 Å². The lowest BCUT2D eigenvalue weighted by atomic mass is 9.79. The number of allylic oxidation sites excluding steroid dienone is 1. The molecule has 2 aromatic carbocycles. The number of nitriles is 1. The second-order valence-corrected chi connectivity index (χ2v) is 7.57. The molecule has 0 aliphatic carbocycles. The quantitative estimate of drug-likeness (QED) is 0.628. The Kier molecular flexibility index (Phi) is 7.00. The second-order valence-electron chi connectivity index (χ2n) is 7.57. The molecule has 1 unspecified atom stereocenters. The highest BCUT2D eigenvalue weighted by molar-refractivity contribution is 6.15. The van der Waals surface area contributed by atoms with Crippen LogP contribution in [0.25, 0.3) is 0 Å². The Morgan fingerprint density at radius 2 is 2.00 bits per heavy atom. The zero-order chi connectivity index (χ0) is 23.3. The lowest BCUT2D eigenvalue weighted by molar-refractivity contribution is -0.122. The number of amidine groups is 1. The number of hydrogen-bond donors (Lipinski definition) is 3. The van der Waals surface area contributed by atoms with E-state index < -0.39 is 29.6 Å². The van der Waals surface area contributed by atoms with Crippen LogP contribution in [-0.4, -0.2) is 30.2 Å². The molecule has 0 saturated carbocycles. The Morgan fingerprint density at radius 3 is 2.62 bits per heavy atom. The molecule has 1 saturated heterocycles. The maximum Gasteiger partial charge on any atom is 0.251 e. The Hall–Kier alpha value is -3.99. The van der Waals surface area contributed by atoms with Crippen molar-refractivity contribution in [3.05, 3.63) is 82.3 Å². The predicted molar refractivity (Wildman–Crippen MR) is 119 cm³/mol. The Morgan fingerprint density at radius 1 is 1.28 bits per heavy atom. The van der Waals surface area contributed by atoms with Crippen molar-refractivity contribution >= 4 is 17.6 Å². The van der Waals surface area contributed by atoms with Gasteiger partial charge < -0.3 is 16.4 Å². The molecule has 1 heterocycles. The van der Waals surface area contributed by atoms with E-state index in [2.05, 4.69) is 15.6 Å². The summed E-state index contributed by atoms with van der Waals surface area (Å²) in [5.74, 6) is -1.75. The first kappa shape index (κ1) is 22.7. The van der Waals surface area contributed by atoms with E-state index in [0.717, 1.165) is 5.56 Å². The second kappa shape index (κ2) is 9.88. The maximum atomic E-state index is 13.6. The lowest BCUT2D eigenvalue weighted by Crippen LogP contribution is -2.57. The number of aryl methyl sites for hydroxylation is 1. The standard InChI is InChI=1S/C24H24FN5O2/c1-14-5-3-6-17(13-14)23(31)29-21-20(16-7-9-18(25)10-8-16)19(15(2)27)22(30-24(21)32)28-12-4-11-26/h3,5-10,13,20-21H,4,12,27H2,1-2H3,(H,29,31)(H,28,30,32)/b19-15-/t20-,21?/m0/s1. The number of hydrogen-bond acceptors (Lipinski definition) is 5. The number of piperidine rings is 1. The van der Waals surface area contributed by atoms with Crippen molar-refractivity contribution in [2.75, 3.05) is 6.54 Å². The SMILES string of the molecule is C/C(N)=C1/C(=NCCC#N)NC(=O)C(NC(=O)c2cccc(C)c2)[C@H]1c1ccc(F)cc1. The fraction of sp³-hybridized carbons (Fsp3) is 0.250. The van der Waals surface area contributed by atoms with Crippen molar-refractivity contribution in [2.24, 2.45) is 10.7 Å². The van der Waals surface area contributed by atoms with Gasteiger partial charge in [-0.05, 0) is 43.7 Å². The van der Waals surface area contributed by atoms with Gasteiger partial charge in [0.25, 0.3) is 5.91 Å². The molecule has 8 heteroatoms. The van der Waals surface area contributed by atoms with Crippen LogP contribution in [0.5, 0.6) is 0 Å². The van der Waals surface area contributed by atoms with Crippen LogP contribution >= 0.6 is 0 Å². The third kappa shape index (κ3) is 5.01. The van der Waals surface area contributed by atoms with Crippen LogP contribution in [0, 0.1) is 24.1 Å². The van der Waals surface area contributed by atoms with Crippen molar-refractivity contribution in [3.63, 3.8) is 0 Å². The summed E-state index contributed by atoms with van der Waals surface area (Å²) in [4.78, 5) is 30.4. The Bertz CT molecular complexity index is 1130. The van der Waals surface area contributed by atoms with Crippen molar-refractivity contribution in [2.45, 2.75) is 32.2 Å². The summed E-state index contributed by atoms with van der Waals surface area (Å²) in [6.07, 6.45) is 0.172. The zero-order valence-electron chi connectivity index (χ0n) is 17.9. The topological polar surface area (TPSA) is 120 Å². The number of benzene rings is 2.